The first kappa shape index (κ1) is 14.2. The van der Waals surface area contributed by atoms with E-state index in [0.29, 0.717) is 18.8 Å². The van der Waals surface area contributed by atoms with Crippen LogP contribution in [0.4, 0.5) is 0 Å². The normalized spacial score (nSPS) is 13.9. The molecule has 4 heteroatoms. The van der Waals surface area contributed by atoms with E-state index in [9.17, 15) is 5.11 Å². The molecule has 98 valence electrons. The zero-order chi connectivity index (χ0) is 12.9. The molecule has 0 radical (unpaired) electrons. The number of hydrogen-bond donors (Lipinski definition) is 3. The number of rotatable bonds is 6. The second-order valence-corrected chi connectivity index (χ2v) is 5.58. The third-order valence-corrected chi connectivity index (χ3v) is 2.40. The van der Waals surface area contributed by atoms with Crippen molar-refractivity contribution in [3.63, 3.8) is 0 Å². The highest BCUT2D eigenvalue weighted by Gasteiger charge is 2.16. The van der Waals surface area contributed by atoms with Crippen LogP contribution < -0.4 is 5.32 Å². The molecule has 0 fully saturated rings. The van der Waals surface area contributed by atoms with Crippen molar-refractivity contribution in [2.45, 2.75) is 46.4 Å². The lowest BCUT2D eigenvalue weighted by Gasteiger charge is -2.22. The van der Waals surface area contributed by atoms with Gasteiger partial charge < -0.3 is 19.9 Å². The minimum absolute atomic E-state index is 0.0767. The number of furan rings is 1. The summed E-state index contributed by atoms with van der Waals surface area (Å²) >= 11 is 0. The van der Waals surface area contributed by atoms with E-state index in [1.54, 1.807) is 6.07 Å². The summed E-state index contributed by atoms with van der Waals surface area (Å²) in [7, 11) is 0. The molecule has 0 aliphatic carbocycles. The van der Waals surface area contributed by atoms with Crippen molar-refractivity contribution >= 4 is 0 Å². The minimum Gasteiger partial charge on any atom is -0.462 e. The van der Waals surface area contributed by atoms with Crippen molar-refractivity contribution in [3.8, 4) is 0 Å². The van der Waals surface area contributed by atoms with Crippen LogP contribution >= 0.6 is 0 Å². The monoisotopic (exact) mass is 241 g/mol. The van der Waals surface area contributed by atoms with Gasteiger partial charge in [0.2, 0.25) is 0 Å². The van der Waals surface area contributed by atoms with Crippen LogP contribution in [0.5, 0.6) is 0 Å². The molecule has 1 aromatic rings. The van der Waals surface area contributed by atoms with Gasteiger partial charge in [0, 0.05) is 6.54 Å². The van der Waals surface area contributed by atoms with Gasteiger partial charge in [-0.3, -0.25) is 0 Å². The van der Waals surface area contributed by atoms with Crippen LogP contribution in [0.1, 0.15) is 38.7 Å². The third-order valence-electron chi connectivity index (χ3n) is 2.40. The van der Waals surface area contributed by atoms with Crippen molar-refractivity contribution < 1.29 is 14.6 Å². The minimum atomic E-state index is -0.345. The zero-order valence-corrected chi connectivity index (χ0v) is 10.9. The number of nitrogens with one attached hydrogen (secondary N) is 1. The molecule has 1 aromatic heterocycles. The van der Waals surface area contributed by atoms with Gasteiger partial charge in [0.1, 0.15) is 18.1 Å². The molecule has 1 heterocycles. The summed E-state index contributed by atoms with van der Waals surface area (Å²) in [4.78, 5) is 0. The van der Waals surface area contributed by atoms with E-state index in [-0.39, 0.29) is 18.1 Å². The van der Waals surface area contributed by atoms with Gasteiger partial charge in [-0.15, -0.1) is 0 Å². The maximum atomic E-state index is 9.78. The first-order chi connectivity index (χ1) is 7.90. The molecule has 0 amide bonds. The Morgan fingerprint density at radius 3 is 2.47 bits per heavy atom. The molecule has 17 heavy (non-hydrogen) atoms. The van der Waals surface area contributed by atoms with E-state index < -0.39 is 0 Å². The average molecular weight is 241 g/mol. The molecule has 0 aliphatic heterocycles. The molecule has 0 spiro atoms. The SMILES string of the molecule is CC(C)(C)CC(O)CNCc1ccc(CO)o1. The van der Waals surface area contributed by atoms with Crippen LogP contribution in [0, 0.1) is 5.41 Å². The molecule has 0 aromatic carbocycles. The van der Waals surface area contributed by atoms with Gasteiger partial charge in [0.05, 0.1) is 12.6 Å². The van der Waals surface area contributed by atoms with Crippen LogP contribution in [-0.4, -0.2) is 22.9 Å². The number of hydrogen-bond acceptors (Lipinski definition) is 4. The highest BCUT2D eigenvalue weighted by molar-refractivity contribution is 5.06. The molecule has 0 aliphatic rings. The second kappa shape index (κ2) is 6.19. The predicted molar refractivity (Wildman–Crippen MR) is 66.4 cm³/mol. The maximum Gasteiger partial charge on any atom is 0.129 e. The zero-order valence-electron chi connectivity index (χ0n) is 10.9. The summed E-state index contributed by atoms with van der Waals surface area (Å²) in [5.41, 5.74) is 0.135. The largest absolute Gasteiger partial charge is 0.462 e. The standard InChI is InChI=1S/C13H23NO3/c1-13(2,3)6-10(16)7-14-8-11-4-5-12(9-15)17-11/h4-5,10,14-16H,6-9H2,1-3H3. The van der Waals surface area contributed by atoms with Crippen molar-refractivity contribution in [3.05, 3.63) is 23.7 Å². The maximum absolute atomic E-state index is 9.78. The Kier molecular flexibility index (Phi) is 5.18. The fourth-order valence-corrected chi connectivity index (χ4v) is 1.74. The molecule has 0 bridgehead atoms. The van der Waals surface area contributed by atoms with Crippen molar-refractivity contribution in [2.24, 2.45) is 5.41 Å². The van der Waals surface area contributed by atoms with Crippen LogP contribution in [0.3, 0.4) is 0 Å². The lowest BCUT2D eigenvalue weighted by Crippen LogP contribution is -2.29. The Hall–Kier alpha value is -0.840. The van der Waals surface area contributed by atoms with Crippen molar-refractivity contribution in [1.29, 1.82) is 0 Å². The summed E-state index contributed by atoms with van der Waals surface area (Å²) < 4.78 is 5.32. The van der Waals surface area contributed by atoms with E-state index in [2.05, 4.69) is 26.1 Å². The molecule has 1 atom stereocenters. The Balaban J connectivity index is 2.23. The summed E-state index contributed by atoms with van der Waals surface area (Å²) in [5.74, 6) is 1.34. The van der Waals surface area contributed by atoms with Crippen LogP contribution in [0.25, 0.3) is 0 Å². The fourth-order valence-electron chi connectivity index (χ4n) is 1.74. The molecular weight excluding hydrogens is 218 g/mol. The summed E-state index contributed by atoms with van der Waals surface area (Å²) in [5, 5.41) is 21.8. The number of aliphatic hydroxyl groups excluding tert-OH is 2. The Morgan fingerprint density at radius 2 is 1.94 bits per heavy atom. The van der Waals surface area contributed by atoms with Crippen molar-refractivity contribution in [1.82, 2.24) is 5.32 Å². The van der Waals surface area contributed by atoms with E-state index in [1.165, 1.54) is 0 Å². The molecule has 4 nitrogen and oxygen atoms in total. The lowest BCUT2D eigenvalue weighted by molar-refractivity contribution is 0.119. The summed E-state index contributed by atoms with van der Waals surface area (Å²) in [6.45, 7) is 7.36. The first-order valence-electron chi connectivity index (χ1n) is 5.98. The van der Waals surface area contributed by atoms with Gasteiger partial charge in [0.15, 0.2) is 0 Å². The molecule has 0 saturated heterocycles. The third kappa shape index (κ3) is 5.86. The second-order valence-electron chi connectivity index (χ2n) is 5.58. The van der Waals surface area contributed by atoms with Gasteiger partial charge in [0.25, 0.3) is 0 Å². The predicted octanol–water partition coefficient (Wildman–Crippen LogP) is 1.66. The lowest BCUT2D eigenvalue weighted by atomic mass is 9.89. The van der Waals surface area contributed by atoms with Crippen LogP contribution in [-0.2, 0) is 13.2 Å². The van der Waals surface area contributed by atoms with Gasteiger partial charge in [-0.2, -0.15) is 0 Å². The smallest absolute Gasteiger partial charge is 0.129 e. The van der Waals surface area contributed by atoms with Gasteiger partial charge >= 0.3 is 0 Å². The Labute approximate surface area is 103 Å². The number of aliphatic hydroxyl groups is 2. The van der Waals surface area contributed by atoms with Gasteiger partial charge in [-0.25, -0.2) is 0 Å². The Morgan fingerprint density at radius 1 is 1.29 bits per heavy atom. The Bertz CT molecular complexity index is 328. The van der Waals surface area contributed by atoms with Gasteiger partial charge in [-0.05, 0) is 24.0 Å². The molecular formula is C13H23NO3. The van der Waals surface area contributed by atoms with E-state index >= 15 is 0 Å². The summed E-state index contributed by atoms with van der Waals surface area (Å²) in [6, 6.07) is 3.58. The van der Waals surface area contributed by atoms with Crippen LogP contribution in [0.15, 0.2) is 16.5 Å². The van der Waals surface area contributed by atoms with E-state index in [4.69, 9.17) is 9.52 Å². The van der Waals surface area contributed by atoms with Gasteiger partial charge in [-0.1, -0.05) is 20.8 Å². The summed E-state index contributed by atoms with van der Waals surface area (Å²) in [6.07, 6.45) is 0.419. The molecule has 1 rings (SSSR count). The molecule has 3 N–H and O–H groups in total. The topological polar surface area (TPSA) is 65.6 Å². The van der Waals surface area contributed by atoms with Crippen LogP contribution in [0.2, 0.25) is 0 Å². The highest BCUT2D eigenvalue weighted by atomic mass is 16.4. The molecule has 0 saturated carbocycles. The quantitative estimate of drug-likeness (QED) is 0.708. The molecule has 1 unspecified atom stereocenters. The van der Waals surface area contributed by atoms with Crippen molar-refractivity contribution in [2.75, 3.05) is 6.54 Å². The first-order valence-corrected chi connectivity index (χ1v) is 5.98. The highest BCUT2D eigenvalue weighted by Crippen LogP contribution is 2.20. The average Bonchev–Trinajstić information content (AvgIpc) is 2.63. The van der Waals surface area contributed by atoms with E-state index in [0.717, 1.165) is 12.2 Å². The van der Waals surface area contributed by atoms with E-state index in [1.807, 2.05) is 6.07 Å². The fraction of sp³-hybridized carbons (Fsp3) is 0.692.